The van der Waals surface area contributed by atoms with Crippen LogP contribution in [0.2, 0.25) is 0 Å². The number of nitrogens with zero attached hydrogens (tertiary/aromatic N) is 3. The molecule has 112 valence electrons. The molecule has 21 heavy (non-hydrogen) atoms. The van der Waals surface area contributed by atoms with E-state index in [0.717, 1.165) is 5.69 Å². The van der Waals surface area contributed by atoms with Crippen molar-refractivity contribution in [2.45, 2.75) is 25.1 Å². The van der Waals surface area contributed by atoms with Crippen molar-refractivity contribution in [2.24, 2.45) is 0 Å². The normalized spacial score (nSPS) is 12.1. The van der Waals surface area contributed by atoms with Crippen LogP contribution < -0.4 is 5.32 Å². The molecule has 6 nitrogen and oxygen atoms in total. The lowest BCUT2D eigenvalue weighted by atomic mass is 10.2. The van der Waals surface area contributed by atoms with Gasteiger partial charge in [-0.3, -0.25) is 9.36 Å². The maximum atomic E-state index is 11.6. The minimum atomic E-state index is -0.546. The van der Waals surface area contributed by atoms with Crippen molar-refractivity contribution < 1.29 is 9.90 Å². The number of aliphatic hydroxyl groups excluding tert-OH is 1. The van der Waals surface area contributed by atoms with E-state index in [9.17, 15) is 4.79 Å². The molecular formula is C14H18N4O2S. The zero-order valence-corrected chi connectivity index (χ0v) is 12.8. The Hall–Kier alpha value is -1.86. The summed E-state index contributed by atoms with van der Waals surface area (Å²) in [5, 5.41) is 20.3. The Bertz CT molecular complexity index is 595. The largest absolute Gasteiger partial charge is 0.392 e. The average Bonchev–Trinajstić information content (AvgIpc) is 2.92. The predicted octanol–water partition coefficient (Wildman–Crippen LogP) is 1.16. The van der Waals surface area contributed by atoms with Gasteiger partial charge < -0.3 is 10.4 Å². The first-order valence-corrected chi connectivity index (χ1v) is 7.59. The molecule has 2 rings (SSSR count). The molecule has 0 saturated carbocycles. The molecule has 0 fully saturated rings. The Morgan fingerprint density at radius 2 is 2.14 bits per heavy atom. The molecule has 0 bridgehead atoms. The van der Waals surface area contributed by atoms with Crippen LogP contribution in [0.15, 0.2) is 35.7 Å². The highest BCUT2D eigenvalue weighted by molar-refractivity contribution is 7.99. The summed E-state index contributed by atoms with van der Waals surface area (Å²) in [5.41, 5.74) is 2.14. The lowest BCUT2D eigenvalue weighted by Gasteiger charge is -2.08. The molecule has 0 radical (unpaired) electrons. The second-order valence-corrected chi connectivity index (χ2v) is 5.70. The van der Waals surface area contributed by atoms with Crippen molar-refractivity contribution in [3.63, 3.8) is 0 Å². The zero-order chi connectivity index (χ0) is 15.2. The van der Waals surface area contributed by atoms with Gasteiger partial charge in [-0.2, -0.15) is 0 Å². The number of nitrogens with one attached hydrogen (secondary N) is 1. The van der Waals surface area contributed by atoms with Crippen molar-refractivity contribution in [1.29, 1.82) is 0 Å². The van der Waals surface area contributed by atoms with Crippen LogP contribution in [0.5, 0.6) is 0 Å². The maximum absolute atomic E-state index is 11.6. The van der Waals surface area contributed by atoms with Gasteiger partial charge in [0.15, 0.2) is 5.16 Å². The second-order valence-electron chi connectivity index (χ2n) is 4.76. The molecule has 2 N–H and O–H groups in total. The molecule has 1 aromatic carbocycles. The van der Waals surface area contributed by atoms with Gasteiger partial charge in [0.25, 0.3) is 0 Å². The summed E-state index contributed by atoms with van der Waals surface area (Å²) in [7, 11) is 0. The second kappa shape index (κ2) is 7.24. The molecule has 0 spiro atoms. The smallest absolute Gasteiger partial charge is 0.230 e. The number of rotatable bonds is 6. The summed E-state index contributed by atoms with van der Waals surface area (Å²) in [6.07, 6.45) is 1.08. The molecule has 0 aliphatic carbocycles. The summed E-state index contributed by atoms with van der Waals surface area (Å²) in [5.74, 6) is 0.0939. The van der Waals surface area contributed by atoms with Gasteiger partial charge in [0.1, 0.15) is 6.33 Å². The van der Waals surface area contributed by atoms with Gasteiger partial charge in [-0.05, 0) is 26.0 Å². The number of aryl methyl sites for hydroxylation is 1. The molecule has 2 aromatic rings. The lowest BCUT2D eigenvalue weighted by Crippen LogP contribution is -2.31. The molecular weight excluding hydrogens is 288 g/mol. The third-order valence-electron chi connectivity index (χ3n) is 2.76. The fraction of sp³-hybridized carbons (Fsp3) is 0.357. The van der Waals surface area contributed by atoms with E-state index in [4.69, 9.17) is 5.11 Å². The Morgan fingerprint density at radius 3 is 2.81 bits per heavy atom. The molecule has 1 heterocycles. The van der Waals surface area contributed by atoms with Gasteiger partial charge in [0.05, 0.1) is 11.9 Å². The summed E-state index contributed by atoms with van der Waals surface area (Å²) in [4.78, 5) is 11.6. The Labute approximate surface area is 127 Å². The SMILES string of the molecule is Cc1ccc(-n2cnnc2SCC(=O)NCC(C)O)cc1. The van der Waals surface area contributed by atoms with Crippen molar-refractivity contribution in [1.82, 2.24) is 20.1 Å². The summed E-state index contributed by atoms with van der Waals surface area (Å²) >= 11 is 1.31. The first kappa shape index (κ1) is 15.5. The Morgan fingerprint density at radius 1 is 1.43 bits per heavy atom. The van der Waals surface area contributed by atoms with Crippen molar-refractivity contribution in [2.75, 3.05) is 12.3 Å². The highest BCUT2D eigenvalue weighted by Gasteiger charge is 2.10. The minimum Gasteiger partial charge on any atom is -0.392 e. The Balaban J connectivity index is 1.97. The van der Waals surface area contributed by atoms with Crippen LogP contribution in [-0.2, 0) is 4.79 Å². The topological polar surface area (TPSA) is 80.0 Å². The Kier molecular flexibility index (Phi) is 5.35. The molecule has 0 aliphatic rings. The number of carbonyl (C=O) groups is 1. The zero-order valence-electron chi connectivity index (χ0n) is 12.0. The van der Waals surface area contributed by atoms with Crippen LogP contribution in [0.25, 0.3) is 5.69 Å². The van der Waals surface area contributed by atoms with Gasteiger partial charge in [-0.25, -0.2) is 0 Å². The van der Waals surface area contributed by atoms with E-state index in [1.54, 1.807) is 13.3 Å². The molecule has 0 saturated heterocycles. The fourth-order valence-electron chi connectivity index (χ4n) is 1.65. The number of aliphatic hydroxyl groups is 1. The average molecular weight is 306 g/mol. The third-order valence-corrected chi connectivity index (χ3v) is 3.70. The number of hydrogen-bond donors (Lipinski definition) is 2. The van der Waals surface area contributed by atoms with Crippen molar-refractivity contribution in [3.05, 3.63) is 36.2 Å². The van der Waals surface area contributed by atoms with Crippen molar-refractivity contribution in [3.8, 4) is 5.69 Å². The fourth-order valence-corrected chi connectivity index (χ4v) is 2.41. The van der Waals surface area contributed by atoms with Gasteiger partial charge in [0.2, 0.25) is 5.91 Å². The van der Waals surface area contributed by atoms with Crippen LogP contribution in [0.4, 0.5) is 0 Å². The van der Waals surface area contributed by atoms with Gasteiger partial charge in [0, 0.05) is 12.2 Å². The summed E-state index contributed by atoms with van der Waals surface area (Å²) in [6, 6.07) is 7.99. The standard InChI is InChI=1S/C14H18N4O2S/c1-10-3-5-12(6-4-10)18-9-16-17-14(18)21-8-13(20)15-7-11(2)19/h3-6,9,11,19H,7-8H2,1-2H3,(H,15,20). The molecule has 7 heteroatoms. The number of aromatic nitrogens is 3. The van der Waals surface area contributed by atoms with E-state index in [-0.39, 0.29) is 18.2 Å². The highest BCUT2D eigenvalue weighted by atomic mass is 32.2. The number of hydrogen-bond acceptors (Lipinski definition) is 5. The van der Waals surface area contributed by atoms with E-state index >= 15 is 0 Å². The van der Waals surface area contributed by atoms with Crippen molar-refractivity contribution >= 4 is 17.7 Å². The van der Waals surface area contributed by atoms with E-state index in [1.165, 1.54) is 17.3 Å². The molecule has 0 aliphatic heterocycles. The van der Waals surface area contributed by atoms with E-state index in [2.05, 4.69) is 15.5 Å². The number of thioether (sulfide) groups is 1. The van der Waals surface area contributed by atoms with Gasteiger partial charge in [-0.1, -0.05) is 29.5 Å². The summed E-state index contributed by atoms with van der Waals surface area (Å²) < 4.78 is 1.84. The molecule has 1 atom stereocenters. The monoisotopic (exact) mass is 306 g/mol. The molecule has 1 aromatic heterocycles. The van der Waals surface area contributed by atoms with Gasteiger partial charge in [-0.15, -0.1) is 10.2 Å². The lowest BCUT2D eigenvalue weighted by molar-refractivity contribution is -0.118. The third kappa shape index (κ3) is 4.57. The van der Waals surface area contributed by atoms with Gasteiger partial charge >= 0.3 is 0 Å². The predicted molar refractivity (Wildman–Crippen MR) is 81.5 cm³/mol. The molecule has 1 unspecified atom stereocenters. The van der Waals surface area contributed by atoms with Crippen LogP contribution in [-0.4, -0.2) is 44.2 Å². The van der Waals surface area contributed by atoms with E-state index < -0.39 is 6.10 Å². The van der Waals surface area contributed by atoms with Crippen LogP contribution in [0.3, 0.4) is 0 Å². The highest BCUT2D eigenvalue weighted by Crippen LogP contribution is 2.19. The first-order chi connectivity index (χ1) is 10.1. The maximum Gasteiger partial charge on any atom is 0.230 e. The summed E-state index contributed by atoms with van der Waals surface area (Å²) in [6.45, 7) is 3.91. The quantitative estimate of drug-likeness (QED) is 0.783. The minimum absolute atomic E-state index is 0.139. The van der Waals surface area contributed by atoms with Crippen LogP contribution in [0.1, 0.15) is 12.5 Å². The van der Waals surface area contributed by atoms with Crippen LogP contribution in [0, 0.1) is 6.92 Å². The number of benzene rings is 1. The molecule has 1 amide bonds. The number of carbonyl (C=O) groups excluding carboxylic acids is 1. The first-order valence-electron chi connectivity index (χ1n) is 6.61. The van der Waals surface area contributed by atoms with E-state index in [0.29, 0.717) is 5.16 Å². The number of amides is 1. The van der Waals surface area contributed by atoms with E-state index in [1.807, 2.05) is 35.8 Å². The van der Waals surface area contributed by atoms with Crippen LogP contribution >= 0.6 is 11.8 Å².